The molecule has 0 radical (unpaired) electrons. The number of para-hydroxylation sites is 1. The average Bonchev–Trinajstić information content (AvgIpc) is 2.45. The molecule has 1 aromatic carbocycles. The Morgan fingerprint density at radius 3 is 2.60 bits per heavy atom. The number of nitrogens with zero attached hydrogens (tertiary/aromatic N) is 2. The van der Waals surface area contributed by atoms with Crippen LogP contribution in [0.15, 0.2) is 42.7 Å². The first-order valence-electron chi connectivity index (χ1n) is 6.49. The first-order valence-corrected chi connectivity index (χ1v) is 6.49. The predicted octanol–water partition coefficient (Wildman–Crippen LogP) is 3.10. The van der Waals surface area contributed by atoms with Gasteiger partial charge in [-0.1, -0.05) is 6.07 Å². The van der Waals surface area contributed by atoms with E-state index in [-0.39, 0.29) is 11.6 Å². The second kappa shape index (κ2) is 6.28. The first kappa shape index (κ1) is 14.2. The number of aromatic nitrogens is 1. The molecule has 0 aliphatic heterocycles. The van der Waals surface area contributed by atoms with Crippen molar-refractivity contribution in [3.8, 4) is 0 Å². The van der Waals surface area contributed by atoms with Crippen LogP contribution >= 0.6 is 0 Å². The number of carbonyl (C=O) groups excluding carboxylic acids is 1. The monoisotopic (exact) mass is 272 g/mol. The maximum Gasteiger partial charge on any atom is 0.161 e. The number of Topliss-reactive ketones (excluding diaryl/α,β-unsaturated/α-hetero) is 1. The van der Waals surface area contributed by atoms with E-state index in [1.54, 1.807) is 36.5 Å². The summed E-state index contributed by atoms with van der Waals surface area (Å²) < 4.78 is 14.0. The topological polar surface area (TPSA) is 33.2 Å². The highest BCUT2D eigenvalue weighted by molar-refractivity contribution is 5.99. The molecule has 0 atom stereocenters. The Bertz CT molecular complexity index is 599. The van der Waals surface area contributed by atoms with Gasteiger partial charge in [0.25, 0.3) is 0 Å². The molecule has 20 heavy (non-hydrogen) atoms. The number of ketones is 1. The van der Waals surface area contributed by atoms with Crippen LogP contribution in [0.2, 0.25) is 0 Å². The van der Waals surface area contributed by atoms with Crippen LogP contribution in [0.3, 0.4) is 0 Å². The van der Waals surface area contributed by atoms with E-state index in [1.807, 2.05) is 12.1 Å². The van der Waals surface area contributed by atoms with Crippen LogP contribution in [0.5, 0.6) is 0 Å². The van der Waals surface area contributed by atoms with Gasteiger partial charge in [-0.15, -0.1) is 0 Å². The summed E-state index contributed by atoms with van der Waals surface area (Å²) >= 11 is 0. The van der Waals surface area contributed by atoms with Gasteiger partial charge in [-0.05, 0) is 43.2 Å². The van der Waals surface area contributed by atoms with Gasteiger partial charge in [0.1, 0.15) is 5.82 Å². The molecule has 0 unspecified atom stereocenters. The summed E-state index contributed by atoms with van der Waals surface area (Å²) in [6.45, 7) is 2.08. The predicted molar refractivity (Wildman–Crippen MR) is 77.6 cm³/mol. The van der Waals surface area contributed by atoms with Crippen LogP contribution in [-0.4, -0.2) is 24.4 Å². The zero-order chi connectivity index (χ0) is 14.5. The normalized spacial score (nSPS) is 10.3. The fourth-order valence-corrected chi connectivity index (χ4v) is 2.15. The number of carbonyl (C=O) groups is 1. The molecule has 104 valence electrons. The van der Waals surface area contributed by atoms with E-state index in [0.717, 1.165) is 12.0 Å². The van der Waals surface area contributed by atoms with E-state index in [4.69, 9.17) is 0 Å². The largest absolute Gasteiger partial charge is 0.371 e. The van der Waals surface area contributed by atoms with E-state index >= 15 is 0 Å². The van der Waals surface area contributed by atoms with Gasteiger partial charge in [0, 0.05) is 31.5 Å². The van der Waals surface area contributed by atoms with Crippen molar-refractivity contribution in [1.29, 1.82) is 0 Å². The van der Waals surface area contributed by atoms with Gasteiger partial charge in [0.05, 0.1) is 5.69 Å². The van der Waals surface area contributed by atoms with Crippen molar-refractivity contribution in [3.63, 3.8) is 0 Å². The number of anilines is 1. The van der Waals surface area contributed by atoms with E-state index in [0.29, 0.717) is 17.8 Å². The molecule has 0 N–H and O–H groups in total. The number of likely N-dealkylation sites (N-methyl/N-ethyl adjacent to an activating group) is 1. The Morgan fingerprint density at radius 1 is 1.25 bits per heavy atom. The minimum atomic E-state index is -0.366. The summed E-state index contributed by atoms with van der Waals surface area (Å²) in [7, 11) is 1.80. The molecule has 0 aliphatic rings. The van der Waals surface area contributed by atoms with Crippen molar-refractivity contribution in [3.05, 3.63) is 59.7 Å². The molecular weight excluding hydrogens is 255 g/mol. The number of rotatable bonds is 5. The van der Waals surface area contributed by atoms with Crippen LogP contribution < -0.4 is 4.90 Å². The molecule has 1 aromatic heterocycles. The van der Waals surface area contributed by atoms with Crippen LogP contribution in [0.1, 0.15) is 22.8 Å². The van der Waals surface area contributed by atoms with Gasteiger partial charge < -0.3 is 4.90 Å². The van der Waals surface area contributed by atoms with Gasteiger partial charge in [-0.3, -0.25) is 9.78 Å². The molecule has 0 fully saturated rings. The standard InChI is InChI=1S/C16H17FN2O/c1-12(20)14-4-3-5-15(17)16(14)19(2)11-8-13-6-9-18-10-7-13/h3-7,9-10H,8,11H2,1-2H3. The average molecular weight is 272 g/mol. The zero-order valence-electron chi connectivity index (χ0n) is 11.6. The second-order valence-corrected chi connectivity index (χ2v) is 4.72. The smallest absolute Gasteiger partial charge is 0.161 e. The van der Waals surface area contributed by atoms with Crippen molar-refractivity contribution in [1.82, 2.24) is 4.98 Å². The quantitative estimate of drug-likeness (QED) is 0.784. The van der Waals surface area contributed by atoms with Crippen molar-refractivity contribution in [2.45, 2.75) is 13.3 Å². The molecule has 2 rings (SSSR count). The number of benzene rings is 1. The number of halogens is 1. The lowest BCUT2D eigenvalue weighted by Gasteiger charge is -2.22. The highest BCUT2D eigenvalue weighted by atomic mass is 19.1. The third-order valence-electron chi connectivity index (χ3n) is 3.23. The molecule has 0 amide bonds. The van der Waals surface area contributed by atoms with Crippen molar-refractivity contribution in [2.24, 2.45) is 0 Å². The lowest BCUT2D eigenvalue weighted by atomic mass is 10.1. The second-order valence-electron chi connectivity index (χ2n) is 4.72. The highest BCUT2D eigenvalue weighted by Gasteiger charge is 2.15. The summed E-state index contributed by atoms with van der Waals surface area (Å²) in [6.07, 6.45) is 4.24. The Hall–Kier alpha value is -2.23. The van der Waals surface area contributed by atoms with Crippen LogP contribution in [0.4, 0.5) is 10.1 Å². The van der Waals surface area contributed by atoms with E-state index in [1.165, 1.54) is 13.0 Å². The summed E-state index contributed by atoms with van der Waals surface area (Å²) in [5.74, 6) is -0.495. The maximum atomic E-state index is 14.0. The van der Waals surface area contributed by atoms with Crippen LogP contribution in [0, 0.1) is 5.82 Å². The molecule has 4 heteroatoms. The van der Waals surface area contributed by atoms with Gasteiger partial charge in [0.15, 0.2) is 5.78 Å². The van der Waals surface area contributed by atoms with E-state index < -0.39 is 0 Å². The lowest BCUT2D eigenvalue weighted by Crippen LogP contribution is -2.23. The van der Waals surface area contributed by atoms with Crippen molar-refractivity contribution in [2.75, 3.05) is 18.5 Å². The summed E-state index contributed by atoms with van der Waals surface area (Å²) in [4.78, 5) is 17.3. The Morgan fingerprint density at radius 2 is 1.95 bits per heavy atom. The molecule has 0 spiro atoms. The minimum absolute atomic E-state index is 0.129. The Kier molecular flexibility index (Phi) is 4.45. The lowest BCUT2D eigenvalue weighted by molar-refractivity contribution is 0.101. The summed E-state index contributed by atoms with van der Waals surface area (Å²) in [5, 5.41) is 0. The Labute approximate surface area is 118 Å². The highest BCUT2D eigenvalue weighted by Crippen LogP contribution is 2.24. The molecular formula is C16H17FN2O. The van der Waals surface area contributed by atoms with Crippen LogP contribution in [-0.2, 0) is 6.42 Å². The molecule has 2 aromatic rings. The summed E-state index contributed by atoms with van der Waals surface area (Å²) in [5.41, 5.74) is 1.92. The molecule has 0 saturated carbocycles. The molecule has 1 heterocycles. The Balaban J connectivity index is 2.17. The third-order valence-corrected chi connectivity index (χ3v) is 3.23. The molecule has 0 saturated heterocycles. The number of hydrogen-bond acceptors (Lipinski definition) is 3. The fraction of sp³-hybridized carbons (Fsp3) is 0.250. The van der Waals surface area contributed by atoms with E-state index in [2.05, 4.69) is 4.98 Å². The minimum Gasteiger partial charge on any atom is -0.371 e. The zero-order valence-corrected chi connectivity index (χ0v) is 11.6. The van der Waals surface area contributed by atoms with E-state index in [9.17, 15) is 9.18 Å². The number of pyridine rings is 1. The number of hydrogen-bond donors (Lipinski definition) is 0. The molecule has 0 aliphatic carbocycles. The molecule has 3 nitrogen and oxygen atoms in total. The summed E-state index contributed by atoms with van der Waals surface area (Å²) in [6, 6.07) is 8.46. The van der Waals surface area contributed by atoms with Gasteiger partial charge in [-0.2, -0.15) is 0 Å². The molecule has 0 bridgehead atoms. The van der Waals surface area contributed by atoms with Crippen molar-refractivity contribution < 1.29 is 9.18 Å². The van der Waals surface area contributed by atoms with Gasteiger partial charge in [0.2, 0.25) is 0 Å². The first-order chi connectivity index (χ1) is 9.59. The SMILES string of the molecule is CC(=O)c1cccc(F)c1N(C)CCc1ccncc1. The van der Waals surface area contributed by atoms with Gasteiger partial charge in [-0.25, -0.2) is 4.39 Å². The third kappa shape index (κ3) is 3.20. The van der Waals surface area contributed by atoms with Crippen molar-refractivity contribution >= 4 is 11.5 Å². The van der Waals surface area contributed by atoms with Crippen LogP contribution in [0.25, 0.3) is 0 Å². The maximum absolute atomic E-state index is 14.0. The van der Waals surface area contributed by atoms with Gasteiger partial charge >= 0.3 is 0 Å². The fourth-order valence-electron chi connectivity index (χ4n) is 2.15.